The molecule has 1 heteroatoms. The monoisotopic (exact) mass is 111 g/mol. The van der Waals surface area contributed by atoms with Gasteiger partial charge in [0.15, 0.2) is 0 Å². The molecule has 0 rings (SSSR count). The standard InChI is InChI=1S/C7H13N/c1-7(2)5-3-4-6-8/h3-4H,1,5-6,8H2,2H3/b4-3-. The second-order valence-corrected chi connectivity index (χ2v) is 1.87. The molecule has 0 aromatic rings. The van der Waals surface area contributed by atoms with Gasteiger partial charge in [-0.15, -0.1) is 0 Å². The minimum Gasteiger partial charge on any atom is -0.327 e. The summed E-state index contributed by atoms with van der Waals surface area (Å²) in [5.74, 6) is 0. The van der Waals surface area contributed by atoms with Crippen molar-refractivity contribution in [3.8, 4) is 0 Å². The molecular weight excluding hydrogens is 98.1 g/mol. The van der Waals surface area contributed by atoms with Gasteiger partial charge in [-0.25, -0.2) is 0 Å². The second-order valence-electron chi connectivity index (χ2n) is 1.87. The van der Waals surface area contributed by atoms with E-state index in [1.807, 2.05) is 19.1 Å². The summed E-state index contributed by atoms with van der Waals surface area (Å²) >= 11 is 0. The molecule has 0 bridgehead atoms. The van der Waals surface area contributed by atoms with Crippen LogP contribution in [0.4, 0.5) is 0 Å². The Morgan fingerprint density at radius 3 is 2.62 bits per heavy atom. The maximum atomic E-state index is 5.20. The largest absolute Gasteiger partial charge is 0.327 e. The summed E-state index contributed by atoms with van der Waals surface area (Å²) < 4.78 is 0. The number of hydrogen-bond donors (Lipinski definition) is 1. The zero-order valence-electron chi connectivity index (χ0n) is 5.35. The van der Waals surface area contributed by atoms with Crippen LogP contribution in [0.5, 0.6) is 0 Å². The van der Waals surface area contributed by atoms with Gasteiger partial charge in [0.2, 0.25) is 0 Å². The summed E-state index contributed by atoms with van der Waals surface area (Å²) in [5, 5.41) is 0. The SMILES string of the molecule is C=C(C)C/C=C\CN. The predicted octanol–water partition coefficient (Wildman–Crippen LogP) is 1.47. The molecule has 0 saturated carbocycles. The van der Waals surface area contributed by atoms with Crippen LogP contribution in [-0.4, -0.2) is 6.54 Å². The molecular formula is C7H13N. The molecule has 0 spiro atoms. The summed E-state index contributed by atoms with van der Waals surface area (Å²) in [6, 6.07) is 0. The normalized spacial score (nSPS) is 10.2. The predicted molar refractivity (Wildman–Crippen MR) is 37.6 cm³/mol. The first-order valence-corrected chi connectivity index (χ1v) is 2.77. The third kappa shape index (κ3) is 5.44. The zero-order chi connectivity index (χ0) is 6.41. The van der Waals surface area contributed by atoms with E-state index in [1.54, 1.807) is 0 Å². The lowest BCUT2D eigenvalue weighted by Crippen LogP contribution is -1.91. The van der Waals surface area contributed by atoms with Gasteiger partial charge in [-0.3, -0.25) is 0 Å². The van der Waals surface area contributed by atoms with Crippen molar-refractivity contribution in [1.29, 1.82) is 0 Å². The van der Waals surface area contributed by atoms with E-state index in [-0.39, 0.29) is 0 Å². The van der Waals surface area contributed by atoms with E-state index in [4.69, 9.17) is 5.73 Å². The second kappa shape index (κ2) is 4.60. The molecule has 8 heavy (non-hydrogen) atoms. The Balaban J connectivity index is 3.16. The average Bonchev–Trinajstić information content (AvgIpc) is 1.66. The molecule has 0 fully saturated rings. The van der Waals surface area contributed by atoms with Gasteiger partial charge in [-0.1, -0.05) is 24.3 Å². The molecule has 0 saturated heterocycles. The smallest absolute Gasteiger partial charge is 0.0106 e. The van der Waals surface area contributed by atoms with Gasteiger partial charge in [0.05, 0.1) is 0 Å². The fourth-order valence-corrected chi connectivity index (χ4v) is 0.381. The minimum atomic E-state index is 0.632. The van der Waals surface area contributed by atoms with Crippen molar-refractivity contribution in [2.24, 2.45) is 5.73 Å². The highest BCUT2D eigenvalue weighted by Gasteiger charge is 1.75. The molecule has 1 nitrogen and oxygen atoms in total. The molecule has 0 aliphatic rings. The molecule has 0 aromatic carbocycles. The van der Waals surface area contributed by atoms with Crippen LogP contribution < -0.4 is 5.73 Å². The fourth-order valence-electron chi connectivity index (χ4n) is 0.381. The zero-order valence-corrected chi connectivity index (χ0v) is 5.35. The van der Waals surface area contributed by atoms with E-state index >= 15 is 0 Å². The molecule has 46 valence electrons. The summed E-state index contributed by atoms with van der Waals surface area (Å²) in [7, 11) is 0. The van der Waals surface area contributed by atoms with Crippen LogP contribution in [-0.2, 0) is 0 Å². The number of rotatable bonds is 3. The van der Waals surface area contributed by atoms with Gasteiger partial charge >= 0.3 is 0 Å². The van der Waals surface area contributed by atoms with Crippen molar-refractivity contribution in [3.63, 3.8) is 0 Å². The van der Waals surface area contributed by atoms with Gasteiger partial charge in [0, 0.05) is 6.54 Å². The highest BCUT2D eigenvalue weighted by atomic mass is 14.5. The average molecular weight is 111 g/mol. The van der Waals surface area contributed by atoms with E-state index in [1.165, 1.54) is 5.57 Å². The van der Waals surface area contributed by atoms with Crippen molar-refractivity contribution < 1.29 is 0 Å². The Hall–Kier alpha value is -0.560. The van der Waals surface area contributed by atoms with Crippen LogP contribution in [0, 0.1) is 0 Å². The maximum absolute atomic E-state index is 5.20. The first-order chi connectivity index (χ1) is 3.77. The van der Waals surface area contributed by atoms with Crippen LogP contribution in [0.2, 0.25) is 0 Å². The number of allylic oxidation sites excluding steroid dienone is 2. The van der Waals surface area contributed by atoms with E-state index in [0.717, 1.165) is 6.42 Å². The van der Waals surface area contributed by atoms with E-state index in [0.29, 0.717) is 6.54 Å². The Morgan fingerprint density at radius 2 is 2.25 bits per heavy atom. The van der Waals surface area contributed by atoms with Gasteiger partial charge < -0.3 is 5.73 Å². The molecule has 0 atom stereocenters. The van der Waals surface area contributed by atoms with Crippen LogP contribution in [0.1, 0.15) is 13.3 Å². The van der Waals surface area contributed by atoms with Crippen molar-refractivity contribution in [1.82, 2.24) is 0 Å². The summed E-state index contributed by atoms with van der Waals surface area (Å²) in [5.41, 5.74) is 6.37. The molecule has 0 radical (unpaired) electrons. The van der Waals surface area contributed by atoms with Crippen LogP contribution >= 0.6 is 0 Å². The van der Waals surface area contributed by atoms with Crippen LogP contribution in [0.3, 0.4) is 0 Å². The molecule has 0 unspecified atom stereocenters. The lowest BCUT2D eigenvalue weighted by molar-refractivity contribution is 1.18. The number of hydrogen-bond acceptors (Lipinski definition) is 1. The van der Waals surface area contributed by atoms with Gasteiger partial charge in [-0.05, 0) is 13.3 Å². The first kappa shape index (κ1) is 7.44. The summed E-state index contributed by atoms with van der Waals surface area (Å²) in [6.07, 6.45) is 4.92. The molecule has 0 amide bonds. The Bertz CT molecular complexity index is 92.6. The lowest BCUT2D eigenvalue weighted by atomic mass is 10.2. The molecule has 0 aromatic heterocycles. The highest BCUT2D eigenvalue weighted by Crippen LogP contribution is 1.94. The summed E-state index contributed by atoms with van der Waals surface area (Å²) in [4.78, 5) is 0. The molecule has 0 aliphatic heterocycles. The Morgan fingerprint density at radius 1 is 1.62 bits per heavy atom. The van der Waals surface area contributed by atoms with E-state index < -0.39 is 0 Å². The highest BCUT2D eigenvalue weighted by molar-refractivity contribution is 4.98. The Labute approximate surface area is 50.9 Å². The lowest BCUT2D eigenvalue weighted by Gasteiger charge is -1.86. The van der Waals surface area contributed by atoms with Crippen molar-refractivity contribution >= 4 is 0 Å². The topological polar surface area (TPSA) is 26.0 Å². The van der Waals surface area contributed by atoms with Crippen LogP contribution in [0.25, 0.3) is 0 Å². The third-order valence-electron chi connectivity index (χ3n) is 0.769. The molecule has 2 N–H and O–H groups in total. The molecule has 0 heterocycles. The third-order valence-corrected chi connectivity index (χ3v) is 0.769. The first-order valence-electron chi connectivity index (χ1n) is 2.77. The van der Waals surface area contributed by atoms with Gasteiger partial charge in [0.25, 0.3) is 0 Å². The Kier molecular flexibility index (Phi) is 4.27. The van der Waals surface area contributed by atoms with Crippen molar-refractivity contribution in [3.05, 3.63) is 24.3 Å². The molecule has 0 aliphatic carbocycles. The van der Waals surface area contributed by atoms with Crippen molar-refractivity contribution in [2.45, 2.75) is 13.3 Å². The maximum Gasteiger partial charge on any atom is 0.0106 e. The minimum absolute atomic E-state index is 0.632. The van der Waals surface area contributed by atoms with Gasteiger partial charge in [0.1, 0.15) is 0 Å². The fraction of sp³-hybridized carbons (Fsp3) is 0.429. The van der Waals surface area contributed by atoms with Gasteiger partial charge in [-0.2, -0.15) is 0 Å². The van der Waals surface area contributed by atoms with E-state index in [2.05, 4.69) is 6.58 Å². The quantitative estimate of drug-likeness (QED) is 0.548. The number of nitrogens with two attached hydrogens (primary N) is 1. The van der Waals surface area contributed by atoms with Crippen molar-refractivity contribution in [2.75, 3.05) is 6.54 Å². The van der Waals surface area contributed by atoms with E-state index in [9.17, 15) is 0 Å². The van der Waals surface area contributed by atoms with Crippen LogP contribution in [0.15, 0.2) is 24.3 Å². The summed E-state index contributed by atoms with van der Waals surface area (Å²) in [6.45, 7) is 6.37.